The van der Waals surface area contributed by atoms with E-state index in [9.17, 15) is 4.79 Å². The molecule has 1 unspecified atom stereocenters. The Hall–Kier alpha value is -1.78. The van der Waals surface area contributed by atoms with Crippen molar-refractivity contribution in [3.05, 3.63) is 17.8 Å². The molecule has 1 rings (SSSR count). The Labute approximate surface area is 87.9 Å². The zero-order chi connectivity index (χ0) is 11.4. The fraction of sp³-hybridized carbons (Fsp3) is 0.400. The monoisotopic (exact) mass is 210 g/mol. The molecule has 0 radical (unpaired) electrons. The van der Waals surface area contributed by atoms with Crippen molar-refractivity contribution in [2.45, 2.75) is 26.4 Å². The van der Waals surface area contributed by atoms with E-state index in [0.717, 1.165) is 6.42 Å². The summed E-state index contributed by atoms with van der Waals surface area (Å²) in [5.74, 6) is -0.895. The molecule has 0 amide bonds. The molecule has 1 heterocycles. The number of nitrogen functional groups attached to an aromatic ring is 1. The van der Waals surface area contributed by atoms with Crippen LogP contribution in [0.15, 0.2) is 12.3 Å². The second-order valence-corrected chi connectivity index (χ2v) is 3.22. The second kappa shape index (κ2) is 4.63. The van der Waals surface area contributed by atoms with E-state index in [2.05, 4.69) is 4.98 Å². The molecule has 1 atom stereocenters. The third-order valence-electron chi connectivity index (χ3n) is 2.07. The number of nitrogens with zero attached hydrogens (tertiary/aromatic N) is 1. The Morgan fingerprint density at radius 3 is 2.93 bits per heavy atom. The average Bonchev–Trinajstić information content (AvgIpc) is 2.20. The molecule has 0 saturated heterocycles. The summed E-state index contributed by atoms with van der Waals surface area (Å²) in [6, 6.07) is 1.35. The summed E-state index contributed by atoms with van der Waals surface area (Å²) < 4.78 is 5.39. The van der Waals surface area contributed by atoms with Gasteiger partial charge < -0.3 is 15.6 Å². The molecule has 0 aliphatic rings. The van der Waals surface area contributed by atoms with Crippen LogP contribution in [-0.4, -0.2) is 22.2 Å². The van der Waals surface area contributed by atoms with Crippen LogP contribution in [0.25, 0.3) is 0 Å². The number of hydrogen-bond donors (Lipinski definition) is 2. The Morgan fingerprint density at radius 1 is 1.73 bits per heavy atom. The number of carbonyl (C=O) groups is 1. The SMILES string of the molecule is CCC(C)Oc1nccc(C(=O)O)c1N. The number of carboxylic acid groups (broad SMARTS) is 1. The van der Waals surface area contributed by atoms with Crippen molar-refractivity contribution < 1.29 is 14.6 Å². The summed E-state index contributed by atoms with van der Waals surface area (Å²) in [4.78, 5) is 14.7. The molecule has 15 heavy (non-hydrogen) atoms. The molecule has 0 fully saturated rings. The van der Waals surface area contributed by atoms with E-state index < -0.39 is 5.97 Å². The molecular weight excluding hydrogens is 196 g/mol. The number of aromatic carboxylic acids is 1. The molecule has 82 valence electrons. The Morgan fingerprint density at radius 2 is 2.40 bits per heavy atom. The van der Waals surface area contributed by atoms with Crippen LogP contribution in [0.4, 0.5) is 5.69 Å². The summed E-state index contributed by atoms with van der Waals surface area (Å²) >= 11 is 0. The van der Waals surface area contributed by atoms with Gasteiger partial charge >= 0.3 is 5.97 Å². The van der Waals surface area contributed by atoms with E-state index in [-0.39, 0.29) is 23.2 Å². The van der Waals surface area contributed by atoms with Crippen molar-refractivity contribution in [1.82, 2.24) is 4.98 Å². The molecule has 1 aromatic heterocycles. The predicted molar refractivity (Wildman–Crippen MR) is 56.0 cm³/mol. The lowest BCUT2D eigenvalue weighted by atomic mass is 10.2. The first-order chi connectivity index (χ1) is 7.06. The maximum Gasteiger partial charge on any atom is 0.338 e. The lowest BCUT2D eigenvalue weighted by molar-refractivity contribution is 0.0697. The van der Waals surface area contributed by atoms with Gasteiger partial charge in [-0.1, -0.05) is 6.92 Å². The number of aromatic nitrogens is 1. The van der Waals surface area contributed by atoms with Crippen LogP contribution in [-0.2, 0) is 0 Å². The predicted octanol–water partition coefficient (Wildman–Crippen LogP) is 1.54. The minimum absolute atomic E-state index is 0.0169. The lowest BCUT2D eigenvalue weighted by Crippen LogP contribution is -2.14. The molecule has 0 saturated carbocycles. The summed E-state index contributed by atoms with van der Waals surface area (Å²) in [5, 5.41) is 8.82. The number of nitrogens with two attached hydrogens (primary N) is 1. The van der Waals surface area contributed by atoms with Gasteiger partial charge in [-0.25, -0.2) is 9.78 Å². The fourth-order valence-electron chi connectivity index (χ4n) is 1.01. The van der Waals surface area contributed by atoms with Gasteiger partial charge in [-0.05, 0) is 19.4 Å². The number of rotatable bonds is 4. The smallest absolute Gasteiger partial charge is 0.338 e. The molecule has 0 aromatic carbocycles. The third-order valence-corrected chi connectivity index (χ3v) is 2.07. The van der Waals surface area contributed by atoms with E-state index in [1.807, 2.05) is 13.8 Å². The van der Waals surface area contributed by atoms with Crippen molar-refractivity contribution >= 4 is 11.7 Å². The average molecular weight is 210 g/mol. The molecule has 5 heteroatoms. The highest BCUT2D eigenvalue weighted by Gasteiger charge is 2.14. The molecule has 0 aliphatic heterocycles. The van der Waals surface area contributed by atoms with Crippen molar-refractivity contribution in [1.29, 1.82) is 0 Å². The topological polar surface area (TPSA) is 85.4 Å². The Bertz CT molecular complexity index is 366. The zero-order valence-corrected chi connectivity index (χ0v) is 8.73. The van der Waals surface area contributed by atoms with Crippen molar-refractivity contribution in [2.24, 2.45) is 0 Å². The van der Waals surface area contributed by atoms with Gasteiger partial charge in [-0.2, -0.15) is 0 Å². The highest BCUT2D eigenvalue weighted by Crippen LogP contribution is 2.23. The number of carboxylic acids is 1. The summed E-state index contributed by atoms with van der Waals surface area (Å²) in [6.45, 7) is 3.83. The number of anilines is 1. The van der Waals surface area contributed by atoms with Gasteiger partial charge in [0.05, 0.1) is 11.7 Å². The zero-order valence-electron chi connectivity index (χ0n) is 8.73. The second-order valence-electron chi connectivity index (χ2n) is 3.22. The lowest BCUT2D eigenvalue weighted by Gasteiger charge is -2.13. The molecule has 1 aromatic rings. The van der Waals surface area contributed by atoms with Crippen molar-refractivity contribution in [3.63, 3.8) is 0 Å². The van der Waals surface area contributed by atoms with Crippen molar-refractivity contribution in [3.8, 4) is 5.88 Å². The van der Waals surface area contributed by atoms with Crippen LogP contribution in [0.5, 0.6) is 5.88 Å². The Kier molecular flexibility index (Phi) is 3.49. The largest absolute Gasteiger partial charge is 0.478 e. The van der Waals surface area contributed by atoms with Crippen LogP contribution >= 0.6 is 0 Å². The summed E-state index contributed by atoms with van der Waals surface area (Å²) in [7, 11) is 0. The fourth-order valence-corrected chi connectivity index (χ4v) is 1.01. The van der Waals surface area contributed by atoms with Gasteiger partial charge in [0.2, 0.25) is 5.88 Å². The number of ether oxygens (including phenoxy) is 1. The molecule has 0 bridgehead atoms. The van der Waals surface area contributed by atoms with Crippen LogP contribution < -0.4 is 10.5 Å². The van der Waals surface area contributed by atoms with Gasteiger partial charge in [0.25, 0.3) is 0 Å². The molecule has 5 nitrogen and oxygen atoms in total. The van der Waals surface area contributed by atoms with Crippen LogP contribution in [0.3, 0.4) is 0 Å². The van der Waals surface area contributed by atoms with Gasteiger partial charge in [-0.15, -0.1) is 0 Å². The van der Waals surface area contributed by atoms with E-state index in [4.69, 9.17) is 15.6 Å². The van der Waals surface area contributed by atoms with Gasteiger partial charge in [-0.3, -0.25) is 0 Å². The first kappa shape index (κ1) is 11.3. The third kappa shape index (κ3) is 2.59. The Balaban J connectivity index is 2.99. The van der Waals surface area contributed by atoms with Gasteiger partial charge in [0.1, 0.15) is 5.69 Å². The minimum Gasteiger partial charge on any atom is -0.478 e. The maximum absolute atomic E-state index is 10.8. The first-order valence-corrected chi connectivity index (χ1v) is 4.70. The number of pyridine rings is 1. The molecule has 3 N–H and O–H groups in total. The van der Waals surface area contributed by atoms with E-state index in [1.54, 1.807) is 0 Å². The first-order valence-electron chi connectivity index (χ1n) is 4.70. The molecule has 0 spiro atoms. The molecule has 0 aliphatic carbocycles. The highest BCUT2D eigenvalue weighted by atomic mass is 16.5. The quantitative estimate of drug-likeness (QED) is 0.787. The van der Waals surface area contributed by atoms with E-state index in [0.29, 0.717) is 0 Å². The standard InChI is InChI=1S/C10H14N2O3/c1-3-6(2)15-9-8(11)7(10(13)14)4-5-12-9/h4-6H,3,11H2,1-2H3,(H,13,14). The van der Waals surface area contributed by atoms with E-state index in [1.165, 1.54) is 12.3 Å². The van der Waals surface area contributed by atoms with Crippen LogP contribution in [0.1, 0.15) is 30.6 Å². The minimum atomic E-state index is -1.08. The van der Waals surface area contributed by atoms with Gasteiger partial charge in [0, 0.05) is 6.20 Å². The van der Waals surface area contributed by atoms with Crippen LogP contribution in [0, 0.1) is 0 Å². The summed E-state index contributed by atoms with van der Waals surface area (Å²) in [5.41, 5.74) is 5.71. The number of hydrogen-bond acceptors (Lipinski definition) is 4. The van der Waals surface area contributed by atoms with E-state index >= 15 is 0 Å². The maximum atomic E-state index is 10.8. The molecular formula is C10H14N2O3. The van der Waals surface area contributed by atoms with Gasteiger partial charge in [0.15, 0.2) is 0 Å². The normalized spacial score (nSPS) is 12.1. The van der Waals surface area contributed by atoms with Crippen molar-refractivity contribution in [2.75, 3.05) is 5.73 Å². The summed E-state index contributed by atoms with van der Waals surface area (Å²) in [6.07, 6.45) is 2.14. The van der Waals surface area contributed by atoms with Crippen LogP contribution in [0.2, 0.25) is 0 Å². The highest BCUT2D eigenvalue weighted by molar-refractivity contribution is 5.94.